The minimum atomic E-state index is -0.630. The van der Waals surface area contributed by atoms with Gasteiger partial charge in [0, 0.05) is 0 Å². The first-order valence-electron chi connectivity index (χ1n) is 8.25. The SMILES string of the molecule is C=C(C)CC(=C)C.NCC(=O)OCOC(=O)CN.NCC(=O)OCOC(=O)CN. The van der Waals surface area contributed by atoms with Crippen LogP contribution >= 0.6 is 0 Å². The molecule has 0 aromatic rings. The first kappa shape index (κ1) is 30.9. The molecule has 0 heterocycles. The van der Waals surface area contributed by atoms with E-state index in [4.69, 9.17) is 22.9 Å². The molecule has 0 radical (unpaired) electrons. The Labute approximate surface area is 170 Å². The third-order valence-electron chi connectivity index (χ3n) is 2.15. The highest BCUT2D eigenvalue weighted by Gasteiger charge is 2.01. The molecule has 0 aromatic heterocycles. The molecule has 29 heavy (non-hydrogen) atoms. The van der Waals surface area contributed by atoms with Crippen molar-refractivity contribution >= 4 is 23.9 Å². The number of carbonyl (C=O) groups is 4. The Morgan fingerprint density at radius 2 is 0.793 bits per heavy atom. The van der Waals surface area contributed by atoms with Crippen LogP contribution in [0.1, 0.15) is 20.3 Å². The summed E-state index contributed by atoms with van der Waals surface area (Å²) < 4.78 is 17.2. The van der Waals surface area contributed by atoms with Crippen LogP contribution in [0, 0.1) is 0 Å². The molecule has 0 aliphatic heterocycles. The summed E-state index contributed by atoms with van der Waals surface area (Å²) in [5.41, 5.74) is 21.9. The fraction of sp³-hybridized carbons (Fsp3) is 0.529. The lowest BCUT2D eigenvalue weighted by Gasteiger charge is -2.02. The van der Waals surface area contributed by atoms with Crippen molar-refractivity contribution in [2.75, 3.05) is 39.8 Å². The lowest BCUT2D eigenvalue weighted by molar-refractivity contribution is -0.166. The fourth-order valence-electron chi connectivity index (χ4n) is 1.07. The number of allylic oxidation sites excluding steroid dienone is 2. The molecule has 0 aliphatic rings. The maximum atomic E-state index is 10.3. The minimum absolute atomic E-state index is 0.236. The van der Waals surface area contributed by atoms with E-state index in [0.29, 0.717) is 0 Å². The number of carbonyl (C=O) groups excluding carboxylic acids is 4. The quantitative estimate of drug-likeness (QED) is 0.179. The molecule has 0 aliphatic carbocycles. The van der Waals surface area contributed by atoms with E-state index in [2.05, 4.69) is 32.1 Å². The molecule has 0 amide bonds. The van der Waals surface area contributed by atoms with E-state index in [9.17, 15) is 19.2 Å². The lowest BCUT2D eigenvalue weighted by atomic mass is 10.1. The van der Waals surface area contributed by atoms with Crippen LogP contribution in [-0.4, -0.2) is 63.6 Å². The molecule has 0 atom stereocenters. The minimum Gasteiger partial charge on any atom is -0.427 e. The molecule has 12 nitrogen and oxygen atoms in total. The van der Waals surface area contributed by atoms with Crippen LogP contribution < -0.4 is 22.9 Å². The first-order chi connectivity index (χ1) is 13.5. The zero-order chi connectivity index (χ0) is 23.2. The van der Waals surface area contributed by atoms with Crippen molar-refractivity contribution in [2.45, 2.75) is 20.3 Å². The largest absolute Gasteiger partial charge is 0.427 e. The van der Waals surface area contributed by atoms with E-state index in [1.807, 2.05) is 13.8 Å². The molecule has 0 unspecified atom stereocenters. The van der Waals surface area contributed by atoms with Crippen LogP contribution in [0.3, 0.4) is 0 Å². The highest BCUT2D eigenvalue weighted by atomic mass is 16.7. The lowest BCUT2D eigenvalue weighted by Crippen LogP contribution is -2.22. The van der Waals surface area contributed by atoms with Crippen LogP contribution in [0.5, 0.6) is 0 Å². The van der Waals surface area contributed by atoms with E-state index >= 15 is 0 Å². The summed E-state index contributed by atoms with van der Waals surface area (Å²) in [6.45, 7) is 9.69. The Hall–Kier alpha value is -2.80. The molecule has 0 saturated heterocycles. The van der Waals surface area contributed by atoms with Gasteiger partial charge in [-0.1, -0.05) is 24.3 Å². The van der Waals surface area contributed by atoms with Gasteiger partial charge in [-0.05, 0) is 20.3 Å². The second-order valence-electron chi connectivity index (χ2n) is 5.21. The third kappa shape index (κ3) is 30.2. The van der Waals surface area contributed by atoms with Crippen molar-refractivity contribution in [3.8, 4) is 0 Å². The molecule has 12 heteroatoms. The summed E-state index contributed by atoms with van der Waals surface area (Å²) in [6.07, 6.45) is 0.972. The number of rotatable bonds is 10. The molecule has 8 N–H and O–H groups in total. The maximum absolute atomic E-state index is 10.3. The average molecular weight is 420 g/mol. The first-order valence-corrected chi connectivity index (χ1v) is 8.25. The predicted octanol–water partition coefficient (Wildman–Crippen LogP) is -1.58. The van der Waals surface area contributed by atoms with E-state index < -0.39 is 37.5 Å². The van der Waals surface area contributed by atoms with Crippen LogP contribution in [0.25, 0.3) is 0 Å². The van der Waals surface area contributed by atoms with E-state index in [1.54, 1.807) is 0 Å². The zero-order valence-electron chi connectivity index (χ0n) is 16.9. The third-order valence-corrected chi connectivity index (χ3v) is 2.15. The number of nitrogens with two attached hydrogens (primary N) is 4. The summed E-state index contributed by atoms with van der Waals surface area (Å²) in [6, 6.07) is 0. The number of hydrogen-bond donors (Lipinski definition) is 4. The van der Waals surface area contributed by atoms with Gasteiger partial charge in [0.25, 0.3) is 0 Å². The van der Waals surface area contributed by atoms with Gasteiger partial charge in [-0.2, -0.15) is 0 Å². The smallest absolute Gasteiger partial charge is 0.322 e. The Kier molecular flexibility index (Phi) is 22.9. The van der Waals surface area contributed by atoms with E-state index in [1.165, 1.54) is 11.1 Å². The Morgan fingerprint density at radius 3 is 0.897 bits per heavy atom. The van der Waals surface area contributed by atoms with Crippen LogP contribution in [0.4, 0.5) is 0 Å². The molecule has 0 saturated carbocycles. The molecule has 0 rings (SSSR count). The maximum Gasteiger partial charge on any atom is 0.322 e. The van der Waals surface area contributed by atoms with Crippen LogP contribution in [-0.2, 0) is 38.1 Å². The van der Waals surface area contributed by atoms with Crippen molar-refractivity contribution in [3.63, 3.8) is 0 Å². The molecule has 0 bridgehead atoms. The van der Waals surface area contributed by atoms with Gasteiger partial charge < -0.3 is 41.9 Å². The number of hydrogen-bond acceptors (Lipinski definition) is 12. The Balaban J connectivity index is -0.000000360. The van der Waals surface area contributed by atoms with Crippen molar-refractivity contribution in [3.05, 3.63) is 24.3 Å². The van der Waals surface area contributed by atoms with Crippen LogP contribution in [0.15, 0.2) is 24.3 Å². The molecular formula is C17H32N4O8. The Bertz CT molecular complexity index is 460. The van der Waals surface area contributed by atoms with Crippen molar-refractivity contribution in [1.82, 2.24) is 0 Å². The summed E-state index contributed by atoms with van der Waals surface area (Å²) in [5, 5.41) is 0. The number of ether oxygens (including phenoxy) is 4. The summed E-state index contributed by atoms with van der Waals surface area (Å²) in [4.78, 5) is 41.2. The van der Waals surface area contributed by atoms with Gasteiger partial charge in [0.15, 0.2) is 0 Å². The van der Waals surface area contributed by atoms with Gasteiger partial charge >= 0.3 is 23.9 Å². The zero-order valence-corrected chi connectivity index (χ0v) is 16.9. The fourth-order valence-corrected chi connectivity index (χ4v) is 1.07. The van der Waals surface area contributed by atoms with Gasteiger partial charge in [-0.3, -0.25) is 19.2 Å². The topological polar surface area (TPSA) is 209 Å². The second kappa shape index (κ2) is 21.5. The van der Waals surface area contributed by atoms with Gasteiger partial charge in [-0.15, -0.1) is 0 Å². The molecule has 0 aromatic carbocycles. The normalized spacial score (nSPS) is 8.76. The van der Waals surface area contributed by atoms with Gasteiger partial charge in [0.1, 0.15) is 0 Å². The summed E-state index contributed by atoms with van der Waals surface area (Å²) in [7, 11) is 0. The molecular weight excluding hydrogens is 388 g/mol. The monoisotopic (exact) mass is 420 g/mol. The van der Waals surface area contributed by atoms with Crippen molar-refractivity contribution in [2.24, 2.45) is 22.9 Å². The second-order valence-corrected chi connectivity index (χ2v) is 5.21. The van der Waals surface area contributed by atoms with Crippen molar-refractivity contribution < 1.29 is 38.1 Å². The Morgan fingerprint density at radius 1 is 0.586 bits per heavy atom. The highest BCUT2D eigenvalue weighted by Crippen LogP contribution is 2.02. The number of esters is 4. The van der Waals surface area contributed by atoms with Gasteiger partial charge in [0.05, 0.1) is 26.2 Å². The van der Waals surface area contributed by atoms with Crippen LogP contribution in [0.2, 0.25) is 0 Å². The predicted molar refractivity (Wildman–Crippen MR) is 105 cm³/mol. The van der Waals surface area contributed by atoms with E-state index in [0.717, 1.165) is 6.42 Å². The standard InChI is InChI=1S/C7H12.2C5H10N2O4/c1-6(2)5-7(3)4;2*6-1-4(8)10-3-11-5(9)2-7/h1,3,5H2,2,4H3;2*1-3,6-7H2. The highest BCUT2D eigenvalue weighted by molar-refractivity contribution is 5.73. The average Bonchev–Trinajstić information content (AvgIpc) is 2.67. The van der Waals surface area contributed by atoms with Crippen molar-refractivity contribution in [1.29, 1.82) is 0 Å². The van der Waals surface area contributed by atoms with Gasteiger partial charge in [0.2, 0.25) is 13.6 Å². The summed E-state index contributed by atoms with van der Waals surface area (Å²) >= 11 is 0. The van der Waals surface area contributed by atoms with E-state index in [-0.39, 0.29) is 26.2 Å². The molecule has 168 valence electrons. The molecule has 0 spiro atoms. The summed E-state index contributed by atoms with van der Waals surface area (Å²) in [5.74, 6) is -2.52. The van der Waals surface area contributed by atoms with Gasteiger partial charge in [-0.25, -0.2) is 0 Å². The molecule has 0 fully saturated rings.